The van der Waals surface area contributed by atoms with Gasteiger partial charge in [-0.15, -0.1) is 11.3 Å². The Morgan fingerprint density at radius 3 is 2.95 bits per heavy atom. The van der Waals surface area contributed by atoms with E-state index in [-0.39, 0.29) is 5.41 Å². The average molecular weight is 290 g/mol. The third-order valence-corrected chi connectivity index (χ3v) is 5.63. The lowest BCUT2D eigenvalue weighted by Crippen LogP contribution is -2.34. The first-order valence-corrected chi connectivity index (χ1v) is 8.22. The van der Waals surface area contributed by atoms with Crippen LogP contribution in [0.1, 0.15) is 32.2 Å². The highest BCUT2D eigenvalue weighted by Crippen LogP contribution is 2.42. The minimum Gasteiger partial charge on any atom is -0.494 e. The summed E-state index contributed by atoms with van der Waals surface area (Å²) in [5, 5.41) is 4.79. The van der Waals surface area contributed by atoms with Crippen LogP contribution in [0.15, 0.2) is 18.2 Å². The first-order valence-electron chi connectivity index (χ1n) is 7.40. The Morgan fingerprint density at radius 2 is 2.30 bits per heavy atom. The van der Waals surface area contributed by atoms with Crippen LogP contribution in [0.5, 0.6) is 5.75 Å². The van der Waals surface area contributed by atoms with Crippen LogP contribution in [0, 0.1) is 5.92 Å². The first-order chi connectivity index (χ1) is 9.65. The second-order valence-electron chi connectivity index (χ2n) is 5.82. The van der Waals surface area contributed by atoms with Crippen molar-refractivity contribution < 1.29 is 4.74 Å². The molecule has 1 aliphatic heterocycles. The van der Waals surface area contributed by atoms with Crippen molar-refractivity contribution in [1.82, 2.24) is 10.3 Å². The lowest BCUT2D eigenvalue weighted by Gasteiger charge is -2.30. The fourth-order valence-electron chi connectivity index (χ4n) is 3.01. The van der Waals surface area contributed by atoms with Crippen molar-refractivity contribution in [3.05, 3.63) is 23.2 Å². The number of fused-ring (bicyclic) bond motifs is 1. The van der Waals surface area contributed by atoms with Crippen LogP contribution >= 0.6 is 11.3 Å². The Kier molecular flexibility index (Phi) is 3.69. The molecule has 2 aromatic rings. The van der Waals surface area contributed by atoms with Gasteiger partial charge in [0.25, 0.3) is 0 Å². The second kappa shape index (κ2) is 5.34. The summed E-state index contributed by atoms with van der Waals surface area (Å²) < 4.78 is 6.82. The van der Waals surface area contributed by atoms with Gasteiger partial charge in [0.2, 0.25) is 0 Å². The van der Waals surface area contributed by atoms with Crippen LogP contribution in [0.25, 0.3) is 10.2 Å². The van der Waals surface area contributed by atoms with E-state index < -0.39 is 0 Å². The average Bonchev–Trinajstić information content (AvgIpc) is 3.05. The number of benzene rings is 1. The van der Waals surface area contributed by atoms with Crippen LogP contribution in [0.4, 0.5) is 0 Å². The number of hydrogen-bond acceptors (Lipinski definition) is 4. The number of rotatable bonds is 4. The summed E-state index contributed by atoms with van der Waals surface area (Å²) in [4.78, 5) is 4.91. The minimum atomic E-state index is 0.204. The number of hydrogen-bond donors (Lipinski definition) is 1. The normalized spacial score (nSPS) is 22.8. The zero-order valence-electron chi connectivity index (χ0n) is 12.4. The van der Waals surface area contributed by atoms with E-state index in [4.69, 9.17) is 9.72 Å². The Hall–Kier alpha value is -1.13. The van der Waals surface area contributed by atoms with E-state index in [1.54, 1.807) is 0 Å². The molecular weight excluding hydrogens is 268 g/mol. The lowest BCUT2D eigenvalue weighted by atomic mass is 9.77. The van der Waals surface area contributed by atoms with Gasteiger partial charge in [0, 0.05) is 12.0 Å². The number of aromatic nitrogens is 1. The predicted molar refractivity (Wildman–Crippen MR) is 84.8 cm³/mol. The summed E-state index contributed by atoms with van der Waals surface area (Å²) in [6.45, 7) is 9.48. The molecule has 0 saturated carbocycles. The molecule has 2 heterocycles. The largest absolute Gasteiger partial charge is 0.494 e. The summed E-state index contributed by atoms with van der Waals surface area (Å²) in [5.74, 6) is 1.54. The highest BCUT2D eigenvalue weighted by Gasteiger charge is 2.41. The smallest absolute Gasteiger partial charge is 0.120 e. The summed E-state index contributed by atoms with van der Waals surface area (Å²) in [7, 11) is 0. The van der Waals surface area contributed by atoms with Gasteiger partial charge >= 0.3 is 0 Å². The van der Waals surface area contributed by atoms with Gasteiger partial charge in [-0.3, -0.25) is 0 Å². The predicted octanol–water partition coefficient (Wildman–Crippen LogP) is 3.58. The van der Waals surface area contributed by atoms with Crippen LogP contribution in [-0.2, 0) is 5.41 Å². The van der Waals surface area contributed by atoms with Gasteiger partial charge in [0.05, 0.1) is 16.8 Å². The van der Waals surface area contributed by atoms with Gasteiger partial charge in [0.15, 0.2) is 0 Å². The Labute approximate surface area is 124 Å². The van der Waals surface area contributed by atoms with Crippen molar-refractivity contribution in [2.45, 2.75) is 32.6 Å². The third-order valence-electron chi connectivity index (χ3n) is 4.39. The number of nitrogens with one attached hydrogen (secondary N) is 1. The molecule has 0 spiro atoms. The van der Waals surface area contributed by atoms with Crippen molar-refractivity contribution in [2.24, 2.45) is 5.92 Å². The molecule has 1 aliphatic rings. The topological polar surface area (TPSA) is 34.1 Å². The molecular formula is C16H22N2OS. The quantitative estimate of drug-likeness (QED) is 0.934. The van der Waals surface area contributed by atoms with E-state index in [9.17, 15) is 0 Å². The van der Waals surface area contributed by atoms with E-state index >= 15 is 0 Å². The lowest BCUT2D eigenvalue weighted by molar-refractivity contribution is 0.336. The van der Waals surface area contributed by atoms with Crippen LogP contribution in [0.3, 0.4) is 0 Å². The molecule has 108 valence electrons. The summed E-state index contributed by atoms with van der Waals surface area (Å²) in [6, 6.07) is 6.22. The summed E-state index contributed by atoms with van der Waals surface area (Å²) >= 11 is 1.83. The Morgan fingerprint density at radius 1 is 1.45 bits per heavy atom. The molecule has 1 fully saturated rings. The zero-order valence-corrected chi connectivity index (χ0v) is 13.2. The molecule has 1 saturated heterocycles. The Balaban J connectivity index is 2.03. The third kappa shape index (κ3) is 2.21. The highest BCUT2D eigenvalue weighted by atomic mass is 32.1. The standard InChI is InChI=1S/C16H22N2OS/c1-4-19-12-5-6-13-14(9-12)20-15(18-13)16(11(2)3)7-8-17-10-16/h5-6,9,11,17H,4,7-8,10H2,1-3H3. The number of thiazole rings is 1. The first kappa shape index (κ1) is 13.8. The van der Waals surface area contributed by atoms with E-state index in [1.165, 1.54) is 16.1 Å². The van der Waals surface area contributed by atoms with E-state index in [2.05, 4.69) is 31.3 Å². The molecule has 1 unspecified atom stereocenters. The van der Waals surface area contributed by atoms with Gasteiger partial charge in [-0.05, 0) is 44.0 Å². The molecule has 0 radical (unpaired) electrons. The van der Waals surface area contributed by atoms with Crippen molar-refractivity contribution in [3.8, 4) is 5.75 Å². The van der Waals surface area contributed by atoms with Crippen LogP contribution in [-0.4, -0.2) is 24.7 Å². The van der Waals surface area contributed by atoms with Gasteiger partial charge in [0.1, 0.15) is 10.8 Å². The molecule has 0 amide bonds. The SMILES string of the molecule is CCOc1ccc2nc(C3(C(C)C)CCNC3)sc2c1. The number of ether oxygens (including phenoxy) is 1. The molecule has 20 heavy (non-hydrogen) atoms. The fourth-order valence-corrected chi connectivity index (χ4v) is 4.37. The molecule has 1 atom stereocenters. The van der Waals surface area contributed by atoms with Crippen molar-refractivity contribution >= 4 is 21.6 Å². The Bertz CT molecular complexity index is 600. The molecule has 1 aromatic heterocycles. The molecule has 4 heteroatoms. The molecule has 3 rings (SSSR count). The van der Waals surface area contributed by atoms with Gasteiger partial charge in [-0.1, -0.05) is 13.8 Å². The molecule has 1 N–H and O–H groups in total. The second-order valence-corrected chi connectivity index (χ2v) is 6.85. The summed E-state index contributed by atoms with van der Waals surface area (Å²) in [6.07, 6.45) is 1.18. The zero-order chi connectivity index (χ0) is 14.2. The van der Waals surface area contributed by atoms with E-state index in [0.717, 1.165) is 24.4 Å². The molecule has 0 aliphatic carbocycles. The van der Waals surface area contributed by atoms with E-state index in [1.807, 2.05) is 24.3 Å². The molecule has 1 aromatic carbocycles. The maximum Gasteiger partial charge on any atom is 0.120 e. The van der Waals surface area contributed by atoms with Crippen molar-refractivity contribution in [1.29, 1.82) is 0 Å². The fraction of sp³-hybridized carbons (Fsp3) is 0.562. The monoisotopic (exact) mass is 290 g/mol. The van der Waals surface area contributed by atoms with Crippen molar-refractivity contribution in [2.75, 3.05) is 19.7 Å². The van der Waals surface area contributed by atoms with E-state index in [0.29, 0.717) is 12.5 Å². The van der Waals surface area contributed by atoms with Gasteiger partial charge < -0.3 is 10.1 Å². The van der Waals surface area contributed by atoms with Crippen LogP contribution in [0.2, 0.25) is 0 Å². The van der Waals surface area contributed by atoms with Crippen molar-refractivity contribution in [3.63, 3.8) is 0 Å². The maximum atomic E-state index is 5.59. The van der Waals surface area contributed by atoms with Gasteiger partial charge in [-0.2, -0.15) is 0 Å². The molecule has 3 nitrogen and oxygen atoms in total. The van der Waals surface area contributed by atoms with Crippen LogP contribution < -0.4 is 10.1 Å². The highest BCUT2D eigenvalue weighted by molar-refractivity contribution is 7.18. The molecule has 0 bridgehead atoms. The minimum absolute atomic E-state index is 0.204. The number of nitrogens with zero attached hydrogens (tertiary/aromatic N) is 1. The van der Waals surface area contributed by atoms with Gasteiger partial charge in [-0.25, -0.2) is 4.98 Å². The maximum absolute atomic E-state index is 5.59. The summed E-state index contributed by atoms with van der Waals surface area (Å²) in [5.41, 5.74) is 1.30.